The van der Waals surface area contributed by atoms with Gasteiger partial charge in [-0.2, -0.15) is 11.8 Å². The zero-order valence-corrected chi connectivity index (χ0v) is 9.40. The van der Waals surface area contributed by atoms with Gasteiger partial charge >= 0.3 is 0 Å². The minimum absolute atomic E-state index is 0.0180. The van der Waals surface area contributed by atoms with Gasteiger partial charge in [0.15, 0.2) is 5.78 Å². The van der Waals surface area contributed by atoms with Crippen LogP contribution in [0.4, 0.5) is 0 Å². The Balaban J connectivity index is 4.10. The number of Topliss-reactive ketones (excluding diaryl/α,β-unsaturated/α-hetero) is 1. The fourth-order valence-corrected chi connectivity index (χ4v) is 1.43. The van der Waals surface area contributed by atoms with Gasteiger partial charge in [-0.3, -0.25) is 9.59 Å². The molecule has 0 bridgehead atoms. The lowest BCUT2D eigenvalue weighted by Gasteiger charge is -2.18. The number of carbonyl (C=O) groups is 2. The van der Waals surface area contributed by atoms with Crippen LogP contribution in [0.5, 0.6) is 0 Å². The van der Waals surface area contributed by atoms with Gasteiger partial charge in [0.2, 0.25) is 5.91 Å². The summed E-state index contributed by atoms with van der Waals surface area (Å²) in [6.45, 7) is 5.35. The van der Waals surface area contributed by atoms with Crippen molar-refractivity contribution in [3.63, 3.8) is 0 Å². The molecule has 0 aromatic carbocycles. The third kappa shape index (κ3) is 4.93. The monoisotopic (exact) mass is 203 g/mol. The molecule has 0 aliphatic heterocycles. The molecule has 1 unspecified atom stereocenters. The highest BCUT2D eigenvalue weighted by molar-refractivity contribution is 7.99. The highest BCUT2D eigenvalue weighted by Gasteiger charge is 2.19. The second kappa shape index (κ2) is 6.02. The molecule has 1 amide bonds. The average Bonchev–Trinajstić information content (AvgIpc) is 1.99. The highest BCUT2D eigenvalue weighted by atomic mass is 32.2. The van der Waals surface area contributed by atoms with Crippen LogP contribution in [0.3, 0.4) is 0 Å². The smallest absolute Gasteiger partial charge is 0.230 e. The molecule has 0 aromatic rings. The van der Waals surface area contributed by atoms with Crippen molar-refractivity contribution < 1.29 is 9.59 Å². The number of carbonyl (C=O) groups excluding carboxylic acids is 2. The van der Waals surface area contributed by atoms with E-state index in [4.69, 9.17) is 0 Å². The van der Waals surface area contributed by atoms with E-state index < -0.39 is 0 Å². The average molecular weight is 203 g/mol. The van der Waals surface area contributed by atoms with Crippen LogP contribution in [0, 0.1) is 5.92 Å². The maximum Gasteiger partial charge on any atom is 0.230 e. The van der Waals surface area contributed by atoms with E-state index in [9.17, 15) is 9.59 Å². The molecule has 0 saturated carbocycles. The molecule has 76 valence electrons. The first-order chi connectivity index (χ1) is 5.99. The lowest BCUT2D eigenvalue weighted by atomic mass is 10.0. The van der Waals surface area contributed by atoms with Gasteiger partial charge in [0.05, 0.1) is 11.8 Å². The first kappa shape index (κ1) is 12.5. The molecule has 0 fully saturated rings. The molecule has 3 nitrogen and oxygen atoms in total. The molecule has 0 aromatic heterocycles. The number of nitrogens with one attached hydrogen (secondary N) is 1. The molecule has 0 heterocycles. The molecule has 0 radical (unpaired) electrons. The molecular formula is C9H17NO2S. The molecule has 4 heteroatoms. The summed E-state index contributed by atoms with van der Waals surface area (Å²) in [4.78, 5) is 22.3. The van der Waals surface area contributed by atoms with Crippen molar-refractivity contribution in [1.29, 1.82) is 0 Å². The number of rotatable bonds is 5. The lowest BCUT2D eigenvalue weighted by molar-refractivity contribution is -0.126. The van der Waals surface area contributed by atoms with Crippen molar-refractivity contribution in [3.8, 4) is 0 Å². The van der Waals surface area contributed by atoms with Gasteiger partial charge in [-0.1, -0.05) is 13.8 Å². The van der Waals surface area contributed by atoms with E-state index in [1.165, 1.54) is 18.7 Å². The first-order valence-electron chi connectivity index (χ1n) is 4.27. The Kier molecular flexibility index (Phi) is 5.79. The van der Waals surface area contributed by atoms with Crippen LogP contribution >= 0.6 is 11.8 Å². The van der Waals surface area contributed by atoms with Gasteiger partial charge in [-0.05, 0) is 19.1 Å². The second-order valence-corrected chi connectivity index (χ2v) is 4.20. The van der Waals surface area contributed by atoms with E-state index >= 15 is 0 Å². The predicted molar refractivity (Wildman–Crippen MR) is 55.8 cm³/mol. The summed E-state index contributed by atoms with van der Waals surface area (Å²) in [5.74, 6) is 0.519. The van der Waals surface area contributed by atoms with Crippen LogP contribution in [-0.4, -0.2) is 29.7 Å². The molecular weight excluding hydrogens is 186 g/mol. The van der Waals surface area contributed by atoms with E-state index in [1.54, 1.807) is 0 Å². The van der Waals surface area contributed by atoms with E-state index in [-0.39, 0.29) is 23.7 Å². The SMILES string of the molecule is CSCC(=O)NC(C(C)=O)C(C)C. The quantitative estimate of drug-likeness (QED) is 0.727. The van der Waals surface area contributed by atoms with Crippen LogP contribution in [-0.2, 0) is 9.59 Å². The number of hydrogen-bond acceptors (Lipinski definition) is 3. The molecule has 0 aliphatic carbocycles. The van der Waals surface area contributed by atoms with Crippen LogP contribution in [0.15, 0.2) is 0 Å². The van der Waals surface area contributed by atoms with Crippen LogP contribution in [0.1, 0.15) is 20.8 Å². The fourth-order valence-electron chi connectivity index (χ4n) is 1.08. The predicted octanol–water partition coefficient (Wildman–Crippen LogP) is 1.08. The maximum atomic E-state index is 11.2. The lowest BCUT2D eigenvalue weighted by Crippen LogP contribution is -2.44. The Labute approximate surface area is 83.7 Å². The third-order valence-corrected chi connectivity index (χ3v) is 2.25. The molecule has 0 rings (SSSR count). The van der Waals surface area contributed by atoms with E-state index in [1.807, 2.05) is 20.1 Å². The van der Waals surface area contributed by atoms with E-state index in [0.717, 1.165) is 0 Å². The standard InChI is InChI=1S/C9H17NO2S/c1-6(2)9(7(3)11)10-8(12)5-13-4/h6,9H,5H2,1-4H3,(H,10,12). The zero-order chi connectivity index (χ0) is 10.4. The van der Waals surface area contributed by atoms with Gasteiger partial charge in [-0.25, -0.2) is 0 Å². The van der Waals surface area contributed by atoms with Crippen molar-refractivity contribution in [2.75, 3.05) is 12.0 Å². The van der Waals surface area contributed by atoms with Gasteiger partial charge in [0.1, 0.15) is 0 Å². The number of thioether (sulfide) groups is 1. The molecule has 0 spiro atoms. The van der Waals surface area contributed by atoms with Gasteiger partial charge in [-0.15, -0.1) is 0 Å². The second-order valence-electron chi connectivity index (χ2n) is 3.33. The Hall–Kier alpha value is -0.510. The minimum Gasteiger partial charge on any atom is -0.345 e. The number of amides is 1. The van der Waals surface area contributed by atoms with Crippen molar-refractivity contribution in [3.05, 3.63) is 0 Å². The zero-order valence-electron chi connectivity index (χ0n) is 8.59. The topological polar surface area (TPSA) is 46.2 Å². The van der Waals surface area contributed by atoms with E-state index in [0.29, 0.717) is 5.75 Å². The largest absolute Gasteiger partial charge is 0.345 e. The fraction of sp³-hybridized carbons (Fsp3) is 0.778. The van der Waals surface area contributed by atoms with Gasteiger partial charge in [0, 0.05) is 0 Å². The third-order valence-electron chi connectivity index (χ3n) is 1.70. The number of ketones is 1. The summed E-state index contributed by atoms with van der Waals surface area (Å²) in [6, 6.07) is -0.334. The summed E-state index contributed by atoms with van der Waals surface area (Å²) in [5.41, 5.74) is 0. The van der Waals surface area contributed by atoms with Crippen molar-refractivity contribution in [2.45, 2.75) is 26.8 Å². The summed E-state index contributed by atoms with van der Waals surface area (Å²) < 4.78 is 0. The van der Waals surface area contributed by atoms with Crippen LogP contribution in [0.2, 0.25) is 0 Å². The Morgan fingerprint density at radius 2 is 1.92 bits per heavy atom. The molecule has 0 saturated heterocycles. The summed E-state index contributed by atoms with van der Waals surface area (Å²) in [6.07, 6.45) is 1.86. The normalized spacial score (nSPS) is 12.7. The maximum absolute atomic E-state index is 11.2. The van der Waals surface area contributed by atoms with Gasteiger partial charge < -0.3 is 5.32 Å². The molecule has 1 N–H and O–H groups in total. The number of hydrogen-bond donors (Lipinski definition) is 1. The van der Waals surface area contributed by atoms with Crippen molar-refractivity contribution in [1.82, 2.24) is 5.32 Å². The first-order valence-corrected chi connectivity index (χ1v) is 5.67. The molecule has 1 atom stereocenters. The van der Waals surface area contributed by atoms with E-state index in [2.05, 4.69) is 5.32 Å². The molecule has 0 aliphatic rings. The summed E-state index contributed by atoms with van der Waals surface area (Å²) in [7, 11) is 0. The Bertz CT molecular complexity index is 192. The minimum atomic E-state index is -0.334. The Morgan fingerprint density at radius 3 is 2.23 bits per heavy atom. The Morgan fingerprint density at radius 1 is 1.38 bits per heavy atom. The van der Waals surface area contributed by atoms with Gasteiger partial charge in [0.25, 0.3) is 0 Å². The van der Waals surface area contributed by atoms with Crippen molar-refractivity contribution >= 4 is 23.5 Å². The van der Waals surface area contributed by atoms with Crippen LogP contribution in [0.25, 0.3) is 0 Å². The van der Waals surface area contributed by atoms with Crippen LogP contribution < -0.4 is 5.32 Å². The highest BCUT2D eigenvalue weighted by Crippen LogP contribution is 2.03. The summed E-state index contributed by atoms with van der Waals surface area (Å²) >= 11 is 1.45. The van der Waals surface area contributed by atoms with Crippen molar-refractivity contribution in [2.24, 2.45) is 5.92 Å². The molecule has 13 heavy (non-hydrogen) atoms. The summed E-state index contributed by atoms with van der Waals surface area (Å²) in [5, 5.41) is 2.71.